The second kappa shape index (κ2) is 7.37. The molecular weight excluding hydrogens is 308 g/mol. The summed E-state index contributed by atoms with van der Waals surface area (Å²) in [6, 6.07) is 5.10. The maximum Gasteiger partial charge on any atom is 0.324 e. The number of primary amides is 1. The van der Waals surface area contributed by atoms with Crippen LogP contribution < -0.4 is 10.5 Å². The van der Waals surface area contributed by atoms with Crippen LogP contribution in [0.25, 0.3) is 0 Å². The molecule has 0 aliphatic carbocycles. The van der Waals surface area contributed by atoms with E-state index >= 15 is 0 Å². The molecule has 0 fully saturated rings. The van der Waals surface area contributed by atoms with Gasteiger partial charge in [0.1, 0.15) is 6.04 Å². The number of nitrogens with one attached hydrogen (secondary N) is 1. The summed E-state index contributed by atoms with van der Waals surface area (Å²) in [5.74, 6) is -2.01. The summed E-state index contributed by atoms with van der Waals surface area (Å²) in [4.78, 5) is 22.6. The van der Waals surface area contributed by atoms with E-state index in [9.17, 15) is 18.0 Å². The maximum atomic E-state index is 12.3. The Morgan fingerprint density at radius 1 is 1.23 bits per heavy atom. The summed E-state index contributed by atoms with van der Waals surface area (Å²) in [5.41, 5.74) is 5.81. The number of hydrogen-bond donors (Lipinski definition) is 2. The number of nitrogens with two attached hydrogens (primary N) is 1. The first kappa shape index (κ1) is 18.1. The van der Waals surface area contributed by atoms with Gasteiger partial charge in [0, 0.05) is 0 Å². The Morgan fingerprint density at radius 2 is 1.77 bits per heavy atom. The number of ether oxygens (including phenoxy) is 1. The van der Waals surface area contributed by atoms with Crippen LogP contribution in [0, 0.1) is 12.8 Å². The van der Waals surface area contributed by atoms with Crippen molar-refractivity contribution in [3.8, 4) is 0 Å². The number of esters is 1. The zero-order valence-electron chi connectivity index (χ0n) is 12.7. The van der Waals surface area contributed by atoms with Gasteiger partial charge in [0.15, 0.2) is 6.61 Å². The molecule has 0 aromatic heterocycles. The van der Waals surface area contributed by atoms with Crippen molar-refractivity contribution in [2.45, 2.75) is 31.7 Å². The third-order valence-electron chi connectivity index (χ3n) is 2.89. The Morgan fingerprint density at radius 3 is 2.23 bits per heavy atom. The van der Waals surface area contributed by atoms with E-state index in [1.807, 2.05) is 6.92 Å². The van der Waals surface area contributed by atoms with Crippen LogP contribution in [0.1, 0.15) is 19.4 Å². The second-order valence-electron chi connectivity index (χ2n) is 5.23. The zero-order valence-corrected chi connectivity index (χ0v) is 13.5. The quantitative estimate of drug-likeness (QED) is 0.700. The molecule has 122 valence electrons. The third kappa shape index (κ3) is 5.12. The van der Waals surface area contributed by atoms with Gasteiger partial charge in [-0.25, -0.2) is 8.42 Å². The second-order valence-corrected chi connectivity index (χ2v) is 6.94. The van der Waals surface area contributed by atoms with Crippen molar-refractivity contribution < 1.29 is 22.7 Å². The van der Waals surface area contributed by atoms with E-state index in [0.717, 1.165) is 5.56 Å². The minimum atomic E-state index is -3.87. The van der Waals surface area contributed by atoms with Gasteiger partial charge in [-0.2, -0.15) is 4.72 Å². The fourth-order valence-electron chi connectivity index (χ4n) is 1.64. The summed E-state index contributed by atoms with van der Waals surface area (Å²) in [6.45, 7) is 4.57. The highest BCUT2D eigenvalue weighted by molar-refractivity contribution is 7.89. The van der Waals surface area contributed by atoms with Crippen LogP contribution in [0.15, 0.2) is 29.2 Å². The molecule has 0 unspecified atom stereocenters. The first-order valence-electron chi connectivity index (χ1n) is 6.67. The molecule has 0 bridgehead atoms. The highest BCUT2D eigenvalue weighted by Gasteiger charge is 2.29. The summed E-state index contributed by atoms with van der Waals surface area (Å²) in [7, 11) is -3.87. The Bertz CT molecular complexity index is 638. The molecule has 0 spiro atoms. The molecule has 0 saturated heterocycles. The van der Waals surface area contributed by atoms with Crippen LogP contribution in [-0.2, 0) is 24.3 Å². The third-order valence-corrected chi connectivity index (χ3v) is 4.35. The van der Waals surface area contributed by atoms with Crippen LogP contribution >= 0.6 is 0 Å². The average Bonchev–Trinajstić information content (AvgIpc) is 2.42. The molecule has 0 radical (unpaired) electrons. The fraction of sp³-hybridized carbons (Fsp3) is 0.429. The highest BCUT2D eigenvalue weighted by Crippen LogP contribution is 2.13. The number of carbonyl (C=O) groups excluding carboxylic acids is 2. The average molecular weight is 328 g/mol. The van der Waals surface area contributed by atoms with Crippen LogP contribution in [0.2, 0.25) is 0 Å². The van der Waals surface area contributed by atoms with Crippen molar-refractivity contribution in [2.75, 3.05) is 6.61 Å². The molecule has 0 saturated carbocycles. The lowest BCUT2D eigenvalue weighted by Crippen LogP contribution is -2.45. The van der Waals surface area contributed by atoms with Gasteiger partial charge in [-0.05, 0) is 25.0 Å². The van der Waals surface area contributed by atoms with E-state index in [2.05, 4.69) is 9.46 Å². The van der Waals surface area contributed by atoms with Crippen molar-refractivity contribution >= 4 is 21.9 Å². The zero-order chi connectivity index (χ0) is 16.9. The molecule has 1 atom stereocenters. The predicted molar refractivity (Wildman–Crippen MR) is 80.3 cm³/mol. The molecule has 22 heavy (non-hydrogen) atoms. The topological polar surface area (TPSA) is 116 Å². The maximum absolute atomic E-state index is 12.3. The molecule has 3 N–H and O–H groups in total. The number of hydrogen-bond acceptors (Lipinski definition) is 5. The summed E-state index contributed by atoms with van der Waals surface area (Å²) in [6.07, 6.45) is 0. The van der Waals surface area contributed by atoms with Gasteiger partial charge < -0.3 is 10.5 Å². The largest absolute Gasteiger partial charge is 0.454 e. The van der Waals surface area contributed by atoms with Gasteiger partial charge in [-0.15, -0.1) is 0 Å². The minimum Gasteiger partial charge on any atom is -0.454 e. The molecule has 1 aromatic carbocycles. The Hall–Kier alpha value is -1.93. The smallest absolute Gasteiger partial charge is 0.324 e. The van der Waals surface area contributed by atoms with E-state index in [1.54, 1.807) is 26.0 Å². The van der Waals surface area contributed by atoms with Crippen molar-refractivity contribution in [2.24, 2.45) is 11.7 Å². The van der Waals surface area contributed by atoms with Crippen LogP contribution in [0.3, 0.4) is 0 Å². The first-order valence-corrected chi connectivity index (χ1v) is 8.15. The minimum absolute atomic E-state index is 0.0476. The molecule has 1 rings (SSSR count). The van der Waals surface area contributed by atoms with Gasteiger partial charge in [-0.3, -0.25) is 9.59 Å². The normalized spacial score (nSPS) is 12.9. The number of carbonyl (C=O) groups is 2. The molecule has 0 aliphatic heterocycles. The monoisotopic (exact) mass is 328 g/mol. The van der Waals surface area contributed by atoms with E-state index in [-0.39, 0.29) is 10.8 Å². The lowest BCUT2D eigenvalue weighted by Gasteiger charge is -2.20. The number of sulfonamides is 1. The van der Waals surface area contributed by atoms with Gasteiger partial charge in [0.2, 0.25) is 10.0 Å². The van der Waals surface area contributed by atoms with E-state index in [4.69, 9.17) is 5.73 Å². The Balaban J connectivity index is 2.92. The van der Waals surface area contributed by atoms with Crippen molar-refractivity contribution in [1.29, 1.82) is 0 Å². The van der Waals surface area contributed by atoms with E-state index < -0.39 is 34.5 Å². The van der Waals surface area contributed by atoms with E-state index in [0.29, 0.717) is 0 Å². The van der Waals surface area contributed by atoms with Crippen LogP contribution in [0.4, 0.5) is 0 Å². The first-order chi connectivity index (χ1) is 10.1. The van der Waals surface area contributed by atoms with Crippen molar-refractivity contribution in [3.63, 3.8) is 0 Å². The molecule has 7 nitrogen and oxygen atoms in total. The molecule has 1 amide bonds. The van der Waals surface area contributed by atoms with Crippen molar-refractivity contribution in [1.82, 2.24) is 4.72 Å². The van der Waals surface area contributed by atoms with Gasteiger partial charge in [-0.1, -0.05) is 31.5 Å². The predicted octanol–water partition coefficient (Wildman–Crippen LogP) is 0.326. The summed E-state index contributed by atoms with van der Waals surface area (Å²) < 4.78 is 31.6. The Kier molecular flexibility index (Phi) is 6.07. The molecule has 8 heteroatoms. The summed E-state index contributed by atoms with van der Waals surface area (Å²) in [5, 5.41) is 0. The Labute approximate surface area is 129 Å². The number of aryl methyl sites for hydroxylation is 1. The van der Waals surface area contributed by atoms with Crippen LogP contribution in [-0.4, -0.2) is 32.9 Å². The van der Waals surface area contributed by atoms with Crippen LogP contribution in [0.5, 0.6) is 0 Å². The standard InChI is InChI=1S/C14H20N2O5S/c1-9(2)13(14(18)21-8-12(15)17)16-22(19,20)11-6-4-10(3)5-7-11/h4-7,9,13,16H,8H2,1-3H3,(H2,15,17)/t13-/m1/s1. The SMILES string of the molecule is Cc1ccc(S(=O)(=O)N[C@@H](C(=O)OCC(N)=O)C(C)C)cc1. The number of amides is 1. The van der Waals surface area contributed by atoms with Gasteiger partial charge in [0.25, 0.3) is 5.91 Å². The number of benzene rings is 1. The molecule has 0 heterocycles. The highest BCUT2D eigenvalue weighted by atomic mass is 32.2. The summed E-state index contributed by atoms with van der Waals surface area (Å²) >= 11 is 0. The van der Waals surface area contributed by atoms with Gasteiger partial charge in [0.05, 0.1) is 4.90 Å². The molecule has 0 aliphatic rings. The lowest BCUT2D eigenvalue weighted by atomic mass is 10.1. The fourth-order valence-corrected chi connectivity index (χ4v) is 2.97. The number of rotatable bonds is 7. The lowest BCUT2D eigenvalue weighted by molar-refractivity contribution is -0.150. The van der Waals surface area contributed by atoms with E-state index in [1.165, 1.54) is 12.1 Å². The van der Waals surface area contributed by atoms with Gasteiger partial charge >= 0.3 is 5.97 Å². The van der Waals surface area contributed by atoms with Crippen molar-refractivity contribution in [3.05, 3.63) is 29.8 Å². The molecular formula is C14H20N2O5S. The molecule has 1 aromatic rings.